The third-order valence-corrected chi connectivity index (χ3v) is 4.41. The molecule has 0 amide bonds. The Labute approximate surface area is 128 Å². The summed E-state index contributed by atoms with van der Waals surface area (Å²) in [6.45, 7) is -0.127. The zero-order chi connectivity index (χ0) is 16.2. The van der Waals surface area contributed by atoms with Gasteiger partial charge in [0.15, 0.2) is 0 Å². The van der Waals surface area contributed by atoms with Gasteiger partial charge in [0.1, 0.15) is 4.90 Å². The van der Waals surface area contributed by atoms with Crippen molar-refractivity contribution in [3.63, 3.8) is 0 Å². The van der Waals surface area contributed by atoms with E-state index in [4.69, 9.17) is 5.11 Å². The van der Waals surface area contributed by atoms with E-state index in [9.17, 15) is 13.2 Å². The number of anilines is 1. The minimum Gasteiger partial charge on any atom is -0.465 e. The number of benzene rings is 2. The molecule has 22 heavy (non-hydrogen) atoms. The summed E-state index contributed by atoms with van der Waals surface area (Å²) in [5.41, 5.74) is 0.958. The number of ether oxygens (including phenoxy) is 1. The zero-order valence-corrected chi connectivity index (χ0v) is 12.6. The highest BCUT2D eigenvalue weighted by Gasteiger charge is 2.22. The van der Waals surface area contributed by atoms with Crippen LogP contribution in [0, 0.1) is 0 Å². The molecule has 2 aromatic carbocycles. The number of nitrogens with one attached hydrogen (secondary N) is 1. The Hall–Kier alpha value is -2.38. The average Bonchev–Trinajstić information content (AvgIpc) is 2.54. The first-order valence-corrected chi connectivity index (χ1v) is 7.86. The van der Waals surface area contributed by atoms with Crippen molar-refractivity contribution >= 4 is 21.7 Å². The van der Waals surface area contributed by atoms with E-state index in [0.29, 0.717) is 11.3 Å². The third kappa shape index (κ3) is 3.44. The van der Waals surface area contributed by atoms with Crippen LogP contribution in [0.15, 0.2) is 53.4 Å². The maximum Gasteiger partial charge on any atom is 0.339 e. The molecule has 0 saturated carbocycles. The van der Waals surface area contributed by atoms with Crippen molar-refractivity contribution < 1.29 is 23.1 Å². The Morgan fingerprint density at radius 3 is 2.36 bits per heavy atom. The number of rotatable bonds is 5. The van der Waals surface area contributed by atoms with Gasteiger partial charge < -0.3 is 9.84 Å². The lowest BCUT2D eigenvalue weighted by Gasteiger charge is -2.11. The summed E-state index contributed by atoms with van der Waals surface area (Å²) in [5, 5.41) is 8.97. The van der Waals surface area contributed by atoms with Crippen molar-refractivity contribution in [3.05, 3.63) is 59.7 Å². The Bertz CT molecular complexity index is 769. The molecule has 7 heteroatoms. The summed E-state index contributed by atoms with van der Waals surface area (Å²) in [5.74, 6) is -0.725. The summed E-state index contributed by atoms with van der Waals surface area (Å²) in [4.78, 5) is 11.5. The summed E-state index contributed by atoms with van der Waals surface area (Å²) in [6, 6.07) is 12.1. The van der Waals surface area contributed by atoms with Gasteiger partial charge in [-0.2, -0.15) is 0 Å². The molecule has 2 aromatic rings. The van der Waals surface area contributed by atoms with Crippen LogP contribution in [-0.2, 0) is 21.4 Å². The molecular weight excluding hydrogens is 306 g/mol. The van der Waals surface area contributed by atoms with Crippen LogP contribution in [0.3, 0.4) is 0 Å². The van der Waals surface area contributed by atoms with Gasteiger partial charge in [0.05, 0.1) is 19.3 Å². The summed E-state index contributed by atoms with van der Waals surface area (Å²) in [7, 11) is -2.74. The highest BCUT2D eigenvalue weighted by atomic mass is 32.2. The molecule has 2 N–H and O–H groups in total. The van der Waals surface area contributed by atoms with Gasteiger partial charge >= 0.3 is 5.97 Å². The van der Waals surface area contributed by atoms with Crippen LogP contribution in [0.4, 0.5) is 5.69 Å². The smallest absolute Gasteiger partial charge is 0.339 e. The number of sulfonamides is 1. The number of carbonyl (C=O) groups excluding carboxylic acids is 1. The number of carbonyl (C=O) groups is 1. The molecule has 0 aromatic heterocycles. The molecule has 0 aliphatic rings. The predicted molar refractivity (Wildman–Crippen MR) is 81.0 cm³/mol. The minimum atomic E-state index is -3.93. The normalized spacial score (nSPS) is 11.0. The largest absolute Gasteiger partial charge is 0.465 e. The molecule has 0 bridgehead atoms. The fourth-order valence-corrected chi connectivity index (χ4v) is 3.12. The monoisotopic (exact) mass is 321 g/mol. The fraction of sp³-hybridized carbons (Fsp3) is 0.133. The van der Waals surface area contributed by atoms with Crippen LogP contribution in [-0.4, -0.2) is 26.6 Å². The number of hydrogen-bond acceptors (Lipinski definition) is 5. The van der Waals surface area contributed by atoms with E-state index >= 15 is 0 Å². The lowest BCUT2D eigenvalue weighted by atomic mass is 10.2. The van der Waals surface area contributed by atoms with E-state index in [0.717, 1.165) is 0 Å². The second kappa shape index (κ2) is 6.59. The molecule has 0 aliphatic carbocycles. The first kappa shape index (κ1) is 16.0. The van der Waals surface area contributed by atoms with Crippen molar-refractivity contribution in [2.45, 2.75) is 11.5 Å². The van der Waals surface area contributed by atoms with Gasteiger partial charge in [-0.25, -0.2) is 13.2 Å². The van der Waals surface area contributed by atoms with Gasteiger partial charge in [-0.3, -0.25) is 4.72 Å². The molecular formula is C15H15NO5S. The van der Waals surface area contributed by atoms with Gasteiger partial charge in [0, 0.05) is 5.69 Å². The van der Waals surface area contributed by atoms with Crippen molar-refractivity contribution in [1.29, 1.82) is 0 Å². The molecule has 6 nitrogen and oxygen atoms in total. The molecule has 0 aliphatic heterocycles. The lowest BCUT2D eigenvalue weighted by molar-refractivity contribution is 0.0596. The predicted octanol–water partition coefficient (Wildman–Crippen LogP) is 1.77. The number of aliphatic hydroxyl groups excluding tert-OH is 1. The Morgan fingerprint density at radius 2 is 1.77 bits per heavy atom. The molecule has 0 atom stereocenters. The standard InChI is InChI=1S/C15H15NO5S/c1-21-15(18)13-4-2-3-5-14(13)22(19,20)16-12-8-6-11(10-17)7-9-12/h2-9,16-17H,10H2,1H3. The summed E-state index contributed by atoms with van der Waals surface area (Å²) >= 11 is 0. The lowest BCUT2D eigenvalue weighted by Crippen LogP contribution is -2.17. The van der Waals surface area contributed by atoms with Crippen molar-refractivity contribution in [3.8, 4) is 0 Å². The van der Waals surface area contributed by atoms with Gasteiger partial charge in [-0.1, -0.05) is 24.3 Å². The maximum absolute atomic E-state index is 12.4. The second-order valence-corrected chi connectivity index (χ2v) is 6.10. The van der Waals surface area contributed by atoms with E-state index in [2.05, 4.69) is 9.46 Å². The van der Waals surface area contributed by atoms with E-state index < -0.39 is 16.0 Å². The van der Waals surface area contributed by atoms with Crippen LogP contribution >= 0.6 is 0 Å². The topological polar surface area (TPSA) is 92.7 Å². The van der Waals surface area contributed by atoms with Gasteiger partial charge in [0.2, 0.25) is 0 Å². The summed E-state index contributed by atoms with van der Waals surface area (Å²) < 4.78 is 31.8. The minimum absolute atomic E-state index is 0.0375. The highest BCUT2D eigenvalue weighted by Crippen LogP contribution is 2.20. The molecule has 0 heterocycles. The Kier molecular flexibility index (Phi) is 4.79. The first-order chi connectivity index (χ1) is 10.5. The zero-order valence-electron chi connectivity index (χ0n) is 11.8. The van der Waals surface area contributed by atoms with E-state index in [-0.39, 0.29) is 17.1 Å². The maximum atomic E-state index is 12.4. The summed E-state index contributed by atoms with van der Waals surface area (Å²) in [6.07, 6.45) is 0. The number of methoxy groups -OCH3 is 1. The molecule has 0 saturated heterocycles. The van der Waals surface area contributed by atoms with E-state index in [1.165, 1.54) is 37.4 Å². The van der Waals surface area contributed by atoms with Crippen molar-refractivity contribution in [1.82, 2.24) is 0 Å². The molecule has 0 radical (unpaired) electrons. The van der Waals surface area contributed by atoms with Crippen LogP contribution in [0.25, 0.3) is 0 Å². The highest BCUT2D eigenvalue weighted by molar-refractivity contribution is 7.92. The second-order valence-electron chi connectivity index (χ2n) is 4.45. The third-order valence-electron chi connectivity index (χ3n) is 2.97. The van der Waals surface area contributed by atoms with E-state index in [1.807, 2.05) is 0 Å². The van der Waals surface area contributed by atoms with Crippen molar-refractivity contribution in [2.75, 3.05) is 11.8 Å². The van der Waals surface area contributed by atoms with Gasteiger partial charge in [0.25, 0.3) is 10.0 Å². The van der Waals surface area contributed by atoms with Crippen LogP contribution in [0.5, 0.6) is 0 Å². The average molecular weight is 321 g/mol. The SMILES string of the molecule is COC(=O)c1ccccc1S(=O)(=O)Nc1ccc(CO)cc1. The quantitative estimate of drug-likeness (QED) is 0.819. The molecule has 2 rings (SSSR count). The van der Waals surface area contributed by atoms with Gasteiger partial charge in [-0.15, -0.1) is 0 Å². The van der Waals surface area contributed by atoms with E-state index in [1.54, 1.807) is 18.2 Å². The van der Waals surface area contributed by atoms with Crippen molar-refractivity contribution in [2.24, 2.45) is 0 Å². The first-order valence-electron chi connectivity index (χ1n) is 6.38. The molecule has 0 fully saturated rings. The number of esters is 1. The Balaban J connectivity index is 2.36. The molecule has 0 unspecified atom stereocenters. The molecule has 0 spiro atoms. The van der Waals surface area contributed by atoms with Crippen LogP contribution in [0.1, 0.15) is 15.9 Å². The number of hydrogen-bond donors (Lipinski definition) is 2. The van der Waals surface area contributed by atoms with Crippen LogP contribution < -0.4 is 4.72 Å². The Morgan fingerprint density at radius 1 is 1.14 bits per heavy atom. The van der Waals surface area contributed by atoms with Crippen LogP contribution in [0.2, 0.25) is 0 Å². The molecule has 116 valence electrons. The fourth-order valence-electron chi connectivity index (χ4n) is 1.87. The number of aliphatic hydroxyl groups is 1. The van der Waals surface area contributed by atoms with Gasteiger partial charge in [-0.05, 0) is 29.8 Å².